The van der Waals surface area contributed by atoms with Crippen molar-refractivity contribution in [2.45, 2.75) is 52.2 Å². The average molecular weight is 523 g/mol. The van der Waals surface area contributed by atoms with E-state index in [9.17, 15) is 14.7 Å². The number of unbranched alkanes of at least 4 members (excludes halogenated alkanes) is 1. The summed E-state index contributed by atoms with van der Waals surface area (Å²) in [5.74, 6) is 0.418. The molecule has 1 N–H and O–H groups in total. The van der Waals surface area contributed by atoms with Crippen LogP contribution in [0, 0.1) is 0 Å². The van der Waals surface area contributed by atoms with Gasteiger partial charge in [-0.3, -0.25) is 9.59 Å². The first-order valence-electron chi connectivity index (χ1n) is 13.4. The molecule has 0 saturated carbocycles. The second-order valence-electron chi connectivity index (χ2n) is 10.1. The summed E-state index contributed by atoms with van der Waals surface area (Å²) < 4.78 is 17.6. The Bertz CT molecular complexity index is 1220. The lowest BCUT2D eigenvalue weighted by Gasteiger charge is -2.27. The number of carbonyl (C=O) groups is 2. The van der Waals surface area contributed by atoms with Crippen molar-refractivity contribution in [1.82, 2.24) is 9.80 Å². The number of Topliss-reactive ketones (excluding diaryl/α,β-unsaturated/α-hetero) is 1. The maximum Gasteiger partial charge on any atom is 0.295 e. The third kappa shape index (κ3) is 5.65. The Kier molecular flexibility index (Phi) is 8.62. The predicted octanol–water partition coefficient (Wildman–Crippen LogP) is 4.57. The summed E-state index contributed by atoms with van der Waals surface area (Å²) in [4.78, 5) is 30.1. The summed E-state index contributed by atoms with van der Waals surface area (Å²) in [5.41, 5.74) is 2.20. The maximum absolute atomic E-state index is 13.4. The Morgan fingerprint density at radius 2 is 1.89 bits per heavy atom. The van der Waals surface area contributed by atoms with E-state index in [2.05, 4.69) is 6.92 Å². The number of ether oxygens (including phenoxy) is 3. The summed E-state index contributed by atoms with van der Waals surface area (Å²) in [5, 5.41) is 11.5. The van der Waals surface area contributed by atoms with Crippen LogP contribution in [0.3, 0.4) is 0 Å². The molecule has 8 nitrogen and oxygen atoms in total. The molecule has 0 aliphatic carbocycles. The van der Waals surface area contributed by atoms with Crippen molar-refractivity contribution in [3.8, 4) is 17.2 Å². The zero-order chi connectivity index (χ0) is 27.4. The smallest absolute Gasteiger partial charge is 0.295 e. The molecule has 4 rings (SSSR count). The lowest BCUT2D eigenvalue weighted by Crippen LogP contribution is -2.35. The number of aliphatic hydroxyl groups is 1. The third-order valence-corrected chi connectivity index (χ3v) is 6.84. The molecule has 0 unspecified atom stereocenters. The molecular formula is C30H38N2O6. The molecule has 2 heterocycles. The number of fused-ring (bicyclic) bond motifs is 1. The molecule has 38 heavy (non-hydrogen) atoms. The Balaban J connectivity index is 1.80. The zero-order valence-corrected chi connectivity index (χ0v) is 23.0. The second kappa shape index (κ2) is 11.9. The van der Waals surface area contributed by atoms with Gasteiger partial charge >= 0.3 is 0 Å². The molecule has 0 aromatic heterocycles. The number of nitrogens with zero attached hydrogens (tertiary/aromatic N) is 2. The molecule has 2 aliphatic rings. The van der Waals surface area contributed by atoms with E-state index in [1.54, 1.807) is 12.1 Å². The summed E-state index contributed by atoms with van der Waals surface area (Å²) >= 11 is 0. The molecule has 0 spiro atoms. The third-order valence-electron chi connectivity index (χ3n) is 6.84. The standard InChI is InChI=1S/C30H38N2O6/c1-6-8-15-37-24-12-9-20(18-25(24)36-7-2)27-26(29(34)30(35)32(27)14-13-31(4)5)28(33)21-10-11-23-22(17-21)16-19(3)38-23/h9-12,17-19,27,33H,6-8,13-16H2,1-5H3/b28-26+/t19-,27-/m1/s1. The van der Waals surface area contributed by atoms with Gasteiger partial charge in [0, 0.05) is 25.1 Å². The van der Waals surface area contributed by atoms with Crippen LogP contribution in [0.5, 0.6) is 17.2 Å². The fourth-order valence-electron chi connectivity index (χ4n) is 4.90. The van der Waals surface area contributed by atoms with Gasteiger partial charge in [-0.2, -0.15) is 0 Å². The van der Waals surface area contributed by atoms with E-state index in [0.717, 1.165) is 24.2 Å². The number of amides is 1. The van der Waals surface area contributed by atoms with Crippen molar-refractivity contribution >= 4 is 17.4 Å². The van der Waals surface area contributed by atoms with Crippen molar-refractivity contribution in [3.63, 3.8) is 0 Å². The second-order valence-corrected chi connectivity index (χ2v) is 10.1. The number of likely N-dealkylation sites (tertiary alicyclic amines) is 1. The topological polar surface area (TPSA) is 88.5 Å². The van der Waals surface area contributed by atoms with Crippen molar-refractivity contribution in [3.05, 3.63) is 58.7 Å². The lowest BCUT2D eigenvalue weighted by molar-refractivity contribution is -0.140. The Hall–Kier alpha value is -3.52. The van der Waals surface area contributed by atoms with Gasteiger partial charge in [-0.05, 0) is 75.8 Å². The highest BCUT2D eigenvalue weighted by Crippen LogP contribution is 2.42. The monoisotopic (exact) mass is 522 g/mol. The lowest BCUT2D eigenvalue weighted by atomic mass is 9.94. The van der Waals surface area contributed by atoms with Gasteiger partial charge in [0.05, 0.1) is 24.8 Å². The minimum absolute atomic E-state index is 0.0501. The number of likely N-dealkylation sites (N-methyl/N-ethyl adjacent to an activating group) is 1. The Morgan fingerprint density at radius 1 is 1.11 bits per heavy atom. The number of hydrogen-bond acceptors (Lipinski definition) is 7. The summed E-state index contributed by atoms with van der Waals surface area (Å²) in [7, 11) is 3.82. The van der Waals surface area contributed by atoms with Crippen LogP contribution >= 0.6 is 0 Å². The molecular weight excluding hydrogens is 484 g/mol. The molecule has 2 atom stereocenters. The van der Waals surface area contributed by atoms with Gasteiger partial charge in [0.15, 0.2) is 11.5 Å². The quantitative estimate of drug-likeness (QED) is 0.200. The fourth-order valence-corrected chi connectivity index (χ4v) is 4.90. The van der Waals surface area contributed by atoms with Gasteiger partial charge in [0.1, 0.15) is 17.6 Å². The van der Waals surface area contributed by atoms with Crippen LogP contribution in [0.15, 0.2) is 42.0 Å². The van der Waals surface area contributed by atoms with Gasteiger partial charge in [-0.15, -0.1) is 0 Å². The van der Waals surface area contributed by atoms with E-state index in [0.29, 0.717) is 55.4 Å². The van der Waals surface area contributed by atoms with Crippen LogP contribution in [0.2, 0.25) is 0 Å². The van der Waals surface area contributed by atoms with Crippen LogP contribution in [-0.4, -0.2) is 73.1 Å². The van der Waals surface area contributed by atoms with Crippen LogP contribution in [0.25, 0.3) is 5.76 Å². The van der Waals surface area contributed by atoms with Crippen LogP contribution in [-0.2, 0) is 16.0 Å². The Morgan fingerprint density at radius 3 is 2.61 bits per heavy atom. The highest BCUT2D eigenvalue weighted by atomic mass is 16.5. The minimum Gasteiger partial charge on any atom is -0.507 e. The average Bonchev–Trinajstić information content (AvgIpc) is 3.38. The number of carbonyl (C=O) groups excluding carboxylic acids is 2. The maximum atomic E-state index is 13.4. The van der Waals surface area contributed by atoms with Gasteiger partial charge in [-0.1, -0.05) is 19.4 Å². The van der Waals surface area contributed by atoms with Gasteiger partial charge in [0.25, 0.3) is 11.7 Å². The molecule has 1 saturated heterocycles. The van der Waals surface area contributed by atoms with Crippen molar-refractivity contribution in [1.29, 1.82) is 0 Å². The molecule has 0 bridgehead atoms. The molecule has 2 aromatic rings. The first kappa shape index (κ1) is 27.5. The normalized spacial score (nSPS) is 20.1. The first-order chi connectivity index (χ1) is 18.2. The number of ketones is 1. The van der Waals surface area contributed by atoms with E-state index in [-0.39, 0.29) is 17.4 Å². The van der Waals surface area contributed by atoms with Gasteiger partial charge < -0.3 is 29.1 Å². The molecule has 1 fully saturated rings. The fraction of sp³-hybridized carbons (Fsp3) is 0.467. The van der Waals surface area contributed by atoms with Gasteiger partial charge in [0.2, 0.25) is 0 Å². The molecule has 0 radical (unpaired) electrons. The summed E-state index contributed by atoms with van der Waals surface area (Å²) in [6.45, 7) is 7.87. The van der Waals surface area contributed by atoms with E-state index < -0.39 is 17.7 Å². The summed E-state index contributed by atoms with van der Waals surface area (Å²) in [6.07, 6.45) is 2.70. The molecule has 204 valence electrons. The number of aliphatic hydroxyl groups excluding tert-OH is 1. The van der Waals surface area contributed by atoms with Crippen LogP contribution in [0.1, 0.15) is 56.3 Å². The molecule has 2 aliphatic heterocycles. The number of benzene rings is 2. The highest BCUT2D eigenvalue weighted by Gasteiger charge is 2.46. The van der Waals surface area contributed by atoms with E-state index in [1.807, 2.05) is 57.1 Å². The number of hydrogen-bond donors (Lipinski definition) is 1. The van der Waals surface area contributed by atoms with Crippen LogP contribution < -0.4 is 14.2 Å². The highest BCUT2D eigenvalue weighted by molar-refractivity contribution is 6.46. The largest absolute Gasteiger partial charge is 0.507 e. The zero-order valence-electron chi connectivity index (χ0n) is 23.0. The van der Waals surface area contributed by atoms with E-state index in [4.69, 9.17) is 14.2 Å². The predicted molar refractivity (Wildman–Crippen MR) is 146 cm³/mol. The summed E-state index contributed by atoms with van der Waals surface area (Å²) in [6, 6.07) is 10.1. The molecule has 1 amide bonds. The van der Waals surface area contributed by atoms with Crippen LogP contribution in [0.4, 0.5) is 0 Å². The number of rotatable bonds is 11. The van der Waals surface area contributed by atoms with Gasteiger partial charge in [-0.25, -0.2) is 0 Å². The molecule has 2 aromatic carbocycles. The molecule has 8 heteroatoms. The van der Waals surface area contributed by atoms with E-state index >= 15 is 0 Å². The van der Waals surface area contributed by atoms with E-state index in [1.165, 1.54) is 4.90 Å². The Labute approximate surface area is 224 Å². The minimum atomic E-state index is -0.762. The first-order valence-corrected chi connectivity index (χ1v) is 13.4. The SMILES string of the molecule is CCCCOc1ccc([C@@H]2/C(=C(\O)c3ccc4c(c3)C[C@@H](C)O4)C(=O)C(=O)N2CCN(C)C)cc1OCC. The van der Waals surface area contributed by atoms with Crippen molar-refractivity contribution in [2.75, 3.05) is 40.4 Å². The van der Waals surface area contributed by atoms with Crippen molar-refractivity contribution in [2.24, 2.45) is 0 Å². The van der Waals surface area contributed by atoms with Crippen molar-refractivity contribution < 1.29 is 28.9 Å².